The molecule has 4 nitrogen and oxygen atoms in total. The fourth-order valence-corrected chi connectivity index (χ4v) is 1.81. The minimum absolute atomic E-state index is 0.00145. The summed E-state index contributed by atoms with van der Waals surface area (Å²) in [4.78, 5) is 11.1. The van der Waals surface area contributed by atoms with Crippen LogP contribution in [0.3, 0.4) is 0 Å². The molecule has 2 N–H and O–H groups in total. The van der Waals surface area contributed by atoms with Gasteiger partial charge in [-0.05, 0) is 12.8 Å². The predicted octanol–water partition coefficient (Wildman–Crippen LogP) is 0.843. The second-order valence-corrected chi connectivity index (χ2v) is 4.17. The second kappa shape index (κ2) is 6.20. The average molecular weight is 255 g/mol. The van der Waals surface area contributed by atoms with Gasteiger partial charge < -0.3 is 15.2 Å². The third kappa shape index (κ3) is 5.88. The largest absolute Gasteiger partial charge is 0.411 e. The Morgan fingerprint density at radius 2 is 2.12 bits per heavy atom. The number of nitrogens with one attached hydrogen (secondary N) is 1. The topological polar surface area (TPSA) is 58.6 Å². The lowest BCUT2D eigenvalue weighted by molar-refractivity contribution is -0.175. The van der Waals surface area contributed by atoms with Crippen LogP contribution in [0.15, 0.2) is 0 Å². The Balaban J connectivity index is 2.09. The number of hydrogen-bond donors (Lipinski definition) is 2. The Bertz CT molecular complexity index is 258. The van der Waals surface area contributed by atoms with E-state index in [0.717, 1.165) is 12.8 Å². The highest BCUT2D eigenvalue weighted by molar-refractivity contribution is 5.77. The molecule has 1 aliphatic carbocycles. The van der Waals surface area contributed by atoms with E-state index in [1.807, 2.05) is 0 Å². The summed E-state index contributed by atoms with van der Waals surface area (Å²) in [6.07, 6.45) is -2.39. The molecule has 0 heterocycles. The third-order valence-electron chi connectivity index (χ3n) is 2.68. The van der Waals surface area contributed by atoms with Crippen LogP contribution in [-0.2, 0) is 9.53 Å². The molecular formula is C10H16F3NO3. The summed E-state index contributed by atoms with van der Waals surface area (Å²) >= 11 is 0. The van der Waals surface area contributed by atoms with Gasteiger partial charge in [-0.25, -0.2) is 0 Å². The van der Waals surface area contributed by atoms with Crippen LogP contribution in [-0.4, -0.2) is 43.1 Å². The molecule has 0 saturated heterocycles. The van der Waals surface area contributed by atoms with Gasteiger partial charge in [-0.3, -0.25) is 4.79 Å². The summed E-state index contributed by atoms with van der Waals surface area (Å²) in [5.41, 5.74) is 0. The fourth-order valence-electron chi connectivity index (χ4n) is 1.81. The lowest BCUT2D eigenvalue weighted by Crippen LogP contribution is -2.35. The summed E-state index contributed by atoms with van der Waals surface area (Å²) < 4.78 is 39.3. The van der Waals surface area contributed by atoms with Gasteiger partial charge in [-0.2, -0.15) is 13.2 Å². The van der Waals surface area contributed by atoms with Crippen molar-refractivity contribution >= 4 is 5.91 Å². The molecule has 1 saturated carbocycles. The van der Waals surface area contributed by atoms with Crippen molar-refractivity contribution in [1.29, 1.82) is 0 Å². The van der Waals surface area contributed by atoms with Gasteiger partial charge in [0.05, 0.1) is 6.10 Å². The normalized spacial score (nSPS) is 24.9. The SMILES string of the molecule is O=C(COCC(F)(F)F)NCC1CCCC1O. The van der Waals surface area contributed by atoms with Crippen LogP contribution < -0.4 is 5.32 Å². The van der Waals surface area contributed by atoms with E-state index < -0.39 is 31.4 Å². The molecule has 0 aromatic carbocycles. The molecule has 0 aliphatic heterocycles. The van der Waals surface area contributed by atoms with Crippen LogP contribution >= 0.6 is 0 Å². The Labute approximate surface area is 97.1 Å². The standard InChI is InChI=1S/C10H16F3NO3/c11-10(12,13)6-17-5-9(16)14-4-7-2-1-3-8(7)15/h7-8,15H,1-6H2,(H,14,16). The van der Waals surface area contributed by atoms with E-state index in [-0.39, 0.29) is 12.5 Å². The molecule has 1 rings (SSSR count). The molecule has 2 atom stereocenters. The highest BCUT2D eigenvalue weighted by Gasteiger charge is 2.28. The van der Waals surface area contributed by atoms with E-state index in [2.05, 4.69) is 10.1 Å². The summed E-state index contributed by atoms with van der Waals surface area (Å²) in [5.74, 6) is -0.588. The zero-order chi connectivity index (χ0) is 12.9. The highest BCUT2D eigenvalue weighted by atomic mass is 19.4. The van der Waals surface area contributed by atoms with Crippen molar-refractivity contribution in [1.82, 2.24) is 5.32 Å². The molecule has 1 fully saturated rings. The smallest absolute Gasteiger partial charge is 0.393 e. The van der Waals surface area contributed by atoms with Crippen molar-refractivity contribution in [3.05, 3.63) is 0 Å². The molecule has 100 valence electrons. The summed E-state index contributed by atoms with van der Waals surface area (Å²) in [6, 6.07) is 0. The van der Waals surface area contributed by atoms with Gasteiger partial charge in [0.15, 0.2) is 0 Å². The van der Waals surface area contributed by atoms with Gasteiger partial charge in [0.1, 0.15) is 13.2 Å². The monoisotopic (exact) mass is 255 g/mol. The number of aliphatic hydroxyl groups excluding tert-OH is 1. The van der Waals surface area contributed by atoms with Gasteiger partial charge >= 0.3 is 6.18 Å². The Kier molecular flexibility index (Phi) is 5.20. The summed E-state index contributed by atoms with van der Waals surface area (Å²) in [7, 11) is 0. The zero-order valence-corrected chi connectivity index (χ0v) is 9.29. The molecule has 0 bridgehead atoms. The lowest BCUT2D eigenvalue weighted by Gasteiger charge is -2.15. The quantitative estimate of drug-likeness (QED) is 0.765. The number of ether oxygens (including phenoxy) is 1. The van der Waals surface area contributed by atoms with Gasteiger partial charge in [-0.15, -0.1) is 0 Å². The minimum Gasteiger partial charge on any atom is -0.393 e. The maximum Gasteiger partial charge on any atom is 0.411 e. The maximum absolute atomic E-state index is 11.7. The first-order valence-corrected chi connectivity index (χ1v) is 5.48. The van der Waals surface area contributed by atoms with E-state index in [1.165, 1.54) is 0 Å². The highest BCUT2D eigenvalue weighted by Crippen LogP contribution is 2.24. The van der Waals surface area contributed by atoms with E-state index in [9.17, 15) is 23.1 Å². The molecule has 0 radical (unpaired) electrons. The number of rotatable bonds is 5. The first-order chi connectivity index (χ1) is 7.88. The van der Waals surface area contributed by atoms with Crippen molar-refractivity contribution in [2.24, 2.45) is 5.92 Å². The Morgan fingerprint density at radius 1 is 1.41 bits per heavy atom. The number of alkyl halides is 3. The van der Waals surface area contributed by atoms with E-state index >= 15 is 0 Å². The molecular weight excluding hydrogens is 239 g/mol. The minimum atomic E-state index is -4.41. The van der Waals surface area contributed by atoms with Crippen LogP contribution in [0.25, 0.3) is 0 Å². The predicted molar refractivity (Wildman–Crippen MR) is 53.2 cm³/mol. The van der Waals surface area contributed by atoms with E-state index in [1.54, 1.807) is 0 Å². The van der Waals surface area contributed by atoms with Crippen molar-refractivity contribution in [2.45, 2.75) is 31.5 Å². The molecule has 0 aromatic rings. The lowest BCUT2D eigenvalue weighted by atomic mass is 10.1. The molecule has 7 heteroatoms. The average Bonchev–Trinajstić information content (AvgIpc) is 2.59. The molecule has 1 aliphatic rings. The number of carbonyl (C=O) groups excluding carboxylic acids is 1. The van der Waals surface area contributed by atoms with Gasteiger partial charge in [0.2, 0.25) is 5.91 Å². The van der Waals surface area contributed by atoms with E-state index in [0.29, 0.717) is 6.42 Å². The van der Waals surface area contributed by atoms with Crippen LogP contribution in [0.4, 0.5) is 13.2 Å². The molecule has 2 unspecified atom stereocenters. The van der Waals surface area contributed by atoms with Crippen molar-refractivity contribution in [3.8, 4) is 0 Å². The van der Waals surface area contributed by atoms with Crippen molar-refractivity contribution < 1.29 is 27.8 Å². The first-order valence-electron chi connectivity index (χ1n) is 5.48. The third-order valence-corrected chi connectivity index (χ3v) is 2.68. The molecule has 17 heavy (non-hydrogen) atoms. The summed E-state index contributed by atoms with van der Waals surface area (Å²) in [6.45, 7) is -1.75. The van der Waals surface area contributed by atoms with E-state index in [4.69, 9.17) is 0 Å². The Morgan fingerprint density at radius 3 is 2.65 bits per heavy atom. The van der Waals surface area contributed by atoms with Crippen LogP contribution in [0.2, 0.25) is 0 Å². The van der Waals surface area contributed by atoms with Gasteiger partial charge in [-0.1, -0.05) is 6.42 Å². The van der Waals surface area contributed by atoms with Crippen LogP contribution in [0.5, 0.6) is 0 Å². The molecule has 0 aromatic heterocycles. The van der Waals surface area contributed by atoms with Crippen LogP contribution in [0, 0.1) is 5.92 Å². The fraction of sp³-hybridized carbons (Fsp3) is 0.900. The van der Waals surface area contributed by atoms with Gasteiger partial charge in [0, 0.05) is 12.5 Å². The van der Waals surface area contributed by atoms with Gasteiger partial charge in [0.25, 0.3) is 0 Å². The second-order valence-electron chi connectivity index (χ2n) is 4.17. The number of aliphatic hydroxyl groups is 1. The molecule has 0 spiro atoms. The summed E-state index contributed by atoms with van der Waals surface area (Å²) in [5, 5.41) is 11.9. The first kappa shape index (κ1) is 14.2. The number of carbonyl (C=O) groups is 1. The number of amides is 1. The maximum atomic E-state index is 11.7. The zero-order valence-electron chi connectivity index (χ0n) is 9.29. The number of hydrogen-bond acceptors (Lipinski definition) is 3. The van der Waals surface area contributed by atoms with Crippen LogP contribution in [0.1, 0.15) is 19.3 Å². The van der Waals surface area contributed by atoms with Crippen molar-refractivity contribution in [2.75, 3.05) is 19.8 Å². The van der Waals surface area contributed by atoms with Crippen molar-refractivity contribution in [3.63, 3.8) is 0 Å². The number of halogens is 3. The Hall–Kier alpha value is -0.820. The molecule has 1 amide bonds.